The Labute approximate surface area is 158 Å². The quantitative estimate of drug-likeness (QED) is 0.726. The summed E-state index contributed by atoms with van der Waals surface area (Å²) in [7, 11) is 7.38. The first kappa shape index (κ1) is 19.1. The largest absolute Gasteiger partial charge is 0.496 e. The molecule has 0 radical (unpaired) electrons. The minimum Gasteiger partial charge on any atom is -0.496 e. The van der Waals surface area contributed by atoms with Gasteiger partial charge in [-0.3, -0.25) is 4.79 Å². The van der Waals surface area contributed by atoms with E-state index in [-0.39, 0.29) is 18.2 Å². The SMILES string of the molecule is COc1cc[nH]c(=O)c1CNc1nccc(N2C[C@@H](OC)[C@@H](N(C)C)C2)n1. The average Bonchev–Trinajstić information content (AvgIpc) is 3.12. The lowest BCUT2D eigenvalue weighted by atomic mass is 10.2. The number of pyridine rings is 1. The van der Waals surface area contributed by atoms with E-state index in [9.17, 15) is 4.79 Å². The number of H-pyrrole nitrogens is 1. The van der Waals surface area contributed by atoms with Gasteiger partial charge in [0.1, 0.15) is 11.6 Å². The number of likely N-dealkylation sites (N-methyl/N-ethyl adjacent to an activating group) is 1. The van der Waals surface area contributed by atoms with Crippen LogP contribution in [-0.2, 0) is 11.3 Å². The van der Waals surface area contributed by atoms with E-state index in [1.165, 1.54) is 7.11 Å². The Morgan fingerprint density at radius 1 is 1.33 bits per heavy atom. The maximum Gasteiger partial charge on any atom is 0.256 e. The third-order valence-corrected chi connectivity index (χ3v) is 4.83. The normalized spacial score (nSPS) is 19.5. The molecule has 0 saturated carbocycles. The van der Waals surface area contributed by atoms with E-state index in [4.69, 9.17) is 9.47 Å². The first-order chi connectivity index (χ1) is 13.0. The number of aromatic nitrogens is 3. The van der Waals surface area contributed by atoms with Crippen molar-refractivity contribution in [2.24, 2.45) is 0 Å². The lowest BCUT2D eigenvalue weighted by molar-refractivity contribution is 0.0639. The molecule has 9 nitrogen and oxygen atoms in total. The molecule has 2 N–H and O–H groups in total. The fourth-order valence-electron chi connectivity index (χ4n) is 3.30. The Balaban J connectivity index is 1.73. The zero-order valence-corrected chi connectivity index (χ0v) is 16.1. The molecule has 1 saturated heterocycles. The van der Waals surface area contributed by atoms with Crippen LogP contribution in [0.15, 0.2) is 29.3 Å². The van der Waals surface area contributed by atoms with Crippen LogP contribution in [0.25, 0.3) is 0 Å². The topological polar surface area (TPSA) is 95.6 Å². The second-order valence-electron chi connectivity index (χ2n) is 6.66. The van der Waals surface area contributed by atoms with Crippen molar-refractivity contribution < 1.29 is 9.47 Å². The van der Waals surface area contributed by atoms with E-state index in [0.29, 0.717) is 23.3 Å². The van der Waals surface area contributed by atoms with Crippen LogP contribution in [0.1, 0.15) is 5.56 Å². The van der Waals surface area contributed by atoms with Gasteiger partial charge in [-0.05, 0) is 26.2 Å². The predicted octanol–water partition coefficient (Wildman–Crippen LogP) is 0.551. The molecule has 0 unspecified atom stereocenters. The number of hydrogen-bond donors (Lipinski definition) is 2. The third kappa shape index (κ3) is 4.20. The van der Waals surface area contributed by atoms with Crippen molar-refractivity contribution in [3.8, 4) is 5.75 Å². The maximum absolute atomic E-state index is 12.0. The van der Waals surface area contributed by atoms with Gasteiger partial charge >= 0.3 is 0 Å². The number of nitrogens with zero attached hydrogens (tertiary/aromatic N) is 4. The van der Waals surface area contributed by atoms with E-state index in [0.717, 1.165) is 18.9 Å². The zero-order chi connectivity index (χ0) is 19.4. The first-order valence-corrected chi connectivity index (χ1v) is 8.79. The highest BCUT2D eigenvalue weighted by Gasteiger charge is 2.35. The van der Waals surface area contributed by atoms with Crippen LogP contribution in [0, 0.1) is 0 Å². The highest BCUT2D eigenvalue weighted by atomic mass is 16.5. The third-order valence-electron chi connectivity index (χ3n) is 4.83. The van der Waals surface area contributed by atoms with Gasteiger partial charge in [0.05, 0.1) is 31.4 Å². The Morgan fingerprint density at radius 3 is 2.81 bits per heavy atom. The molecule has 0 amide bonds. The van der Waals surface area contributed by atoms with Crippen molar-refractivity contribution in [2.75, 3.05) is 51.6 Å². The molecule has 2 aromatic rings. The summed E-state index contributed by atoms with van der Waals surface area (Å²) in [6, 6.07) is 3.89. The van der Waals surface area contributed by atoms with Gasteiger partial charge in [-0.25, -0.2) is 4.98 Å². The van der Waals surface area contributed by atoms with Gasteiger partial charge in [0, 0.05) is 32.6 Å². The fraction of sp³-hybridized carbons (Fsp3) is 0.500. The summed E-state index contributed by atoms with van der Waals surface area (Å²) < 4.78 is 10.9. The molecule has 1 fully saturated rings. The summed E-state index contributed by atoms with van der Waals surface area (Å²) in [5, 5.41) is 3.11. The summed E-state index contributed by atoms with van der Waals surface area (Å²) in [4.78, 5) is 27.9. The smallest absolute Gasteiger partial charge is 0.256 e. The summed E-state index contributed by atoms with van der Waals surface area (Å²) in [6.07, 6.45) is 3.39. The number of nitrogens with one attached hydrogen (secondary N) is 2. The van der Waals surface area contributed by atoms with Crippen LogP contribution in [0.3, 0.4) is 0 Å². The molecule has 2 atom stereocenters. The highest BCUT2D eigenvalue weighted by molar-refractivity contribution is 5.45. The second-order valence-corrected chi connectivity index (χ2v) is 6.66. The first-order valence-electron chi connectivity index (χ1n) is 8.79. The van der Waals surface area contributed by atoms with Crippen molar-refractivity contribution in [1.82, 2.24) is 19.9 Å². The molecule has 0 bridgehead atoms. The lowest BCUT2D eigenvalue weighted by Gasteiger charge is -2.23. The predicted molar refractivity (Wildman–Crippen MR) is 103 cm³/mol. The summed E-state index contributed by atoms with van der Waals surface area (Å²) in [5.74, 6) is 1.81. The van der Waals surface area contributed by atoms with Gasteiger partial charge in [-0.15, -0.1) is 0 Å². The number of hydrogen-bond acceptors (Lipinski definition) is 8. The van der Waals surface area contributed by atoms with Gasteiger partial charge in [0.2, 0.25) is 5.95 Å². The highest BCUT2D eigenvalue weighted by Crippen LogP contribution is 2.23. The van der Waals surface area contributed by atoms with E-state index >= 15 is 0 Å². The van der Waals surface area contributed by atoms with E-state index in [1.807, 2.05) is 6.07 Å². The molecule has 3 rings (SSSR count). The maximum atomic E-state index is 12.0. The van der Waals surface area contributed by atoms with Gasteiger partial charge in [-0.2, -0.15) is 4.98 Å². The summed E-state index contributed by atoms with van der Waals surface area (Å²) in [5.41, 5.74) is 0.302. The summed E-state index contributed by atoms with van der Waals surface area (Å²) in [6.45, 7) is 1.86. The molecular formula is C18H26N6O3. The van der Waals surface area contributed by atoms with Crippen molar-refractivity contribution >= 4 is 11.8 Å². The Kier molecular flexibility index (Phi) is 5.92. The van der Waals surface area contributed by atoms with Crippen LogP contribution in [-0.4, -0.2) is 73.4 Å². The minimum atomic E-state index is -0.200. The Hall–Kier alpha value is -2.65. The Bertz CT molecular complexity index is 825. The molecule has 0 aromatic carbocycles. The monoisotopic (exact) mass is 374 g/mol. The summed E-state index contributed by atoms with van der Waals surface area (Å²) >= 11 is 0. The fourth-order valence-corrected chi connectivity index (χ4v) is 3.30. The number of methoxy groups -OCH3 is 2. The molecule has 1 aliphatic rings. The zero-order valence-electron chi connectivity index (χ0n) is 16.1. The van der Waals surface area contributed by atoms with Crippen LogP contribution < -0.4 is 20.5 Å². The standard InChI is InChI=1S/C18H26N6O3/c1-23(2)13-10-24(11-15(13)27-4)16-6-8-20-18(22-16)21-9-12-14(26-3)5-7-19-17(12)25/h5-8,13,15H,9-11H2,1-4H3,(H,19,25)(H,20,21,22)/t13-,15+/m0/s1. The average molecular weight is 374 g/mol. The molecule has 9 heteroatoms. The molecule has 27 heavy (non-hydrogen) atoms. The molecule has 1 aliphatic heterocycles. The second kappa shape index (κ2) is 8.36. The van der Waals surface area contributed by atoms with Gasteiger partial charge in [-0.1, -0.05) is 0 Å². The van der Waals surface area contributed by atoms with E-state index in [2.05, 4.69) is 44.2 Å². The van der Waals surface area contributed by atoms with Gasteiger partial charge in [0.15, 0.2) is 0 Å². The Morgan fingerprint density at radius 2 is 2.15 bits per heavy atom. The van der Waals surface area contributed by atoms with E-state index < -0.39 is 0 Å². The van der Waals surface area contributed by atoms with Crippen LogP contribution >= 0.6 is 0 Å². The number of rotatable bonds is 7. The van der Waals surface area contributed by atoms with Crippen molar-refractivity contribution in [1.29, 1.82) is 0 Å². The number of ether oxygens (including phenoxy) is 2. The van der Waals surface area contributed by atoms with Crippen LogP contribution in [0.5, 0.6) is 5.75 Å². The molecule has 2 aromatic heterocycles. The van der Waals surface area contributed by atoms with Crippen molar-refractivity contribution in [3.63, 3.8) is 0 Å². The lowest BCUT2D eigenvalue weighted by Crippen LogP contribution is -2.39. The minimum absolute atomic E-state index is 0.124. The molecule has 146 valence electrons. The van der Waals surface area contributed by atoms with E-state index in [1.54, 1.807) is 25.6 Å². The van der Waals surface area contributed by atoms with Gasteiger partial charge in [0.25, 0.3) is 5.56 Å². The van der Waals surface area contributed by atoms with Crippen LogP contribution in [0.2, 0.25) is 0 Å². The molecule has 0 spiro atoms. The van der Waals surface area contributed by atoms with Gasteiger partial charge < -0.3 is 29.6 Å². The van der Waals surface area contributed by atoms with Crippen molar-refractivity contribution in [2.45, 2.75) is 18.7 Å². The van der Waals surface area contributed by atoms with Crippen LogP contribution in [0.4, 0.5) is 11.8 Å². The van der Waals surface area contributed by atoms with Crippen molar-refractivity contribution in [3.05, 3.63) is 40.4 Å². The molecular weight excluding hydrogens is 348 g/mol. The molecule has 3 heterocycles. The number of aromatic amines is 1. The molecule has 0 aliphatic carbocycles. The number of anilines is 2.